The Bertz CT molecular complexity index is 1510. The Morgan fingerprint density at radius 3 is 2.78 bits per heavy atom. The van der Waals surface area contributed by atoms with Crippen molar-refractivity contribution in [2.24, 2.45) is 0 Å². The minimum absolute atomic E-state index is 0.0944. The van der Waals surface area contributed by atoms with Crippen LogP contribution in [-0.4, -0.2) is 48.3 Å². The Morgan fingerprint density at radius 2 is 2.08 bits per heavy atom. The molecule has 0 unspecified atom stereocenters. The van der Waals surface area contributed by atoms with Crippen LogP contribution in [0.2, 0.25) is 0 Å². The van der Waals surface area contributed by atoms with Crippen molar-refractivity contribution in [1.82, 2.24) is 15.2 Å². The van der Waals surface area contributed by atoms with Gasteiger partial charge in [0.25, 0.3) is 5.91 Å². The molecule has 0 spiro atoms. The number of carbonyl (C=O) groups is 2. The highest BCUT2D eigenvalue weighted by atomic mass is 32.1. The summed E-state index contributed by atoms with van der Waals surface area (Å²) < 4.78 is 6.04. The molecule has 3 heterocycles. The van der Waals surface area contributed by atoms with Gasteiger partial charge in [-0.1, -0.05) is 12.1 Å². The Labute approximate surface area is 220 Å². The molecule has 1 N–H and O–H groups in total. The van der Waals surface area contributed by atoms with E-state index in [4.69, 9.17) is 4.74 Å². The van der Waals surface area contributed by atoms with Gasteiger partial charge in [-0.25, -0.2) is 0 Å². The summed E-state index contributed by atoms with van der Waals surface area (Å²) in [6, 6.07) is 18.2. The molecule has 1 saturated heterocycles. The van der Waals surface area contributed by atoms with Crippen molar-refractivity contribution >= 4 is 34.4 Å². The lowest BCUT2D eigenvalue weighted by atomic mass is 9.95. The van der Waals surface area contributed by atoms with Crippen LogP contribution in [0.15, 0.2) is 60.8 Å². The van der Waals surface area contributed by atoms with E-state index in [-0.39, 0.29) is 5.91 Å². The van der Waals surface area contributed by atoms with Crippen LogP contribution < -0.4 is 10.1 Å². The number of hydrogen-bond donors (Lipinski definition) is 1. The number of nitrogens with one attached hydrogen (secondary N) is 1. The van der Waals surface area contributed by atoms with E-state index in [1.54, 1.807) is 6.20 Å². The molecule has 4 aromatic rings. The van der Waals surface area contributed by atoms with Crippen LogP contribution >= 0.6 is 11.3 Å². The van der Waals surface area contributed by atoms with Crippen LogP contribution in [0.3, 0.4) is 0 Å². The van der Waals surface area contributed by atoms with Crippen LogP contribution in [0.4, 0.5) is 0 Å². The van der Waals surface area contributed by atoms with Gasteiger partial charge in [0.15, 0.2) is 6.29 Å². The third-order valence-corrected chi connectivity index (χ3v) is 8.76. The van der Waals surface area contributed by atoms with Crippen LogP contribution in [0.25, 0.3) is 21.3 Å². The van der Waals surface area contributed by atoms with E-state index in [0.29, 0.717) is 23.1 Å². The summed E-state index contributed by atoms with van der Waals surface area (Å²) in [5, 5.41) is 4.40. The summed E-state index contributed by atoms with van der Waals surface area (Å²) in [6.45, 7) is 3.69. The highest BCUT2D eigenvalue weighted by Crippen LogP contribution is 2.49. The molecule has 1 atom stereocenters. The van der Waals surface area contributed by atoms with E-state index in [9.17, 15) is 9.59 Å². The van der Waals surface area contributed by atoms with Gasteiger partial charge in [0.2, 0.25) is 0 Å². The van der Waals surface area contributed by atoms with Crippen LogP contribution in [0.1, 0.15) is 50.4 Å². The van der Waals surface area contributed by atoms with Crippen molar-refractivity contribution in [3.8, 4) is 16.2 Å². The van der Waals surface area contributed by atoms with Crippen molar-refractivity contribution in [2.45, 2.75) is 37.8 Å². The Kier molecular flexibility index (Phi) is 6.05. The molecule has 1 saturated carbocycles. The topological polar surface area (TPSA) is 71.5 Å². The zero-order chi connectivity index (χ0) is 25.6. The molecule has 188 valence electrons. The van der Waals surface area contributed by atoms with Crippen LogP contribution in [0, 0.1) is 6.92 Å². The SMILES string of the molecule is Cc1ccc(OC[C@@H]2CCN2C)cc1C(=O)NC1(c2cc(-c3ccc(C=O)s3)cc3ncccc23)CC1. The van der Waals surface area contributed by atoms with Crippen molar-refractivity contribution < 1.29 is 14.3 Å². The Balaban J connectivity index is 1.30. The number of nitrogens with zero attached hydrogens (tertiary/aromatic N) is 2. The maximum Gasteiger partial charge on any atom is 0.252 e. The lowest BCUT2D eigenvalue weighted by Crippen LogP contribution is -2.48. The molecule has 2 fully saturated rings. The molecule has 2 aromatic heterocycles. The predicted octanol–water partition coefficient (Wildman–Crippen LogP) is 5.59. The van der Waals surface area contributed by atoms with Crippen molar-refractivity contribution in [2.75, 3.05) is 20.2 Å². The van der Waals surface area contributed by atoms with Gasteiger partial charge in [-0.3, -0.25) is 19.5 Å². The van der Waals surface area contributed by atoms with Crippen LogP contribution in [-0.2, 0) is 5.54 Å². The number of benzene rings is 2. The maximum absolute atomic E-state index is 13.6. The maximum atomic E-state index is 13.6. The van der Waals surface area contributed by atoms with E-state index in [2.05, 4.69) is 40.4 Å². The first kappa shape index (κ1) is 23.8. The molecule has 2 aliphatic rings. The minimum atomic E-state index is -0.447. The molecule has 1 amide bonds. The summed E-state index contributed by atoms with van der Waals surface area (Å²) in [4.78, 5) is 33.5. The highest BCUT2D eigenvalue weighted by Gasteiger charge is 2.47. The second kappa shape index (κ2) is 9.39. The number of ether oxygens (including phenoxy) is 1. The zero-order valence-corrected chi connectivity index (χ0v) is 21.8. The van der Waals surface area contributed by atoms with Gasteiger partial charge in [-0.2, -0.15) is 0 Å². The summed E-state index contributed by atoms with van der Waals surface area (Å²) in [5.74, 6) is 0.629. The number of fused-ring (bicyclic) bond motifs is 1. The number of likely N-dealkylation sites (tertiary alicyclic amines) is 1. The first-order valence-electron chi connectivity index (χ1n) is 12.7. The number of thiophene rings is 1. The number of aryl methyl sites for hydroxylation is 1. The van der Waals surface area contributed by atoms with Gasteiger partial charge in [0.05, 0.1) is 15.9 Å². The fraction of sp³-hybridized carbons (Fsp3) is 0.300. The number of aromatic nitrogens is 1. The largest absolute Gasteiger partial charge is 0.492 e. The third kappa shape index (κ3) is 4.54. The lowest BCUT2D eigenvalue weighted by Gasteiger charge is -2.37. The van der Waals surface area contributed by atoms with Crippen molar-refractivity contribution in [3.63, 3.8) is 0 Å². The van der Waals surface area contributed by atoms with Gasteiger partial charge >= 0.3 is 0 Å². The normalized spacial score (nSPS) is 18.3. The predicted molar refractivity (Wildman–Crippen MR) is 147 cm³/mol. The highest BCUT2D eigenvalue weighted by molar-refractivity contribution is 7.17. The molecule has 0 bridgehead atoms. The molecule has 1 aliphatic heterocycles. The molecular formula is C30H29N3O3S. The van der Waals surface area contributed by atoms with E-state index >= 15 is 0 Å². The average Bonchev–Trinajstić information content (AvgIpc) is 3.52. The van der Waals surface area contributed by atoms with E-state index in [0.717, 1.165) is 70.3 Å². The summed E-state index contributed by atoms with van der Waals surface area (Å²) in [7, 11) is 2.11. The average molecular weight is 512 g/mol. The van der Waals surface area contributed by atoms with E-state index < -0.39 is 5.54 Å². The van der Waals surface area contributed by atoms with Crippen molar-refractivity contribution in [1.29, 1.82) is 0 Å². The standard InChI is InChI=1S/C30H29N3O3S/c1-19-5-6-22(36-18-21-9-13-33(21)2)16-25(19)29(35)32-30(10-11-30)26-14-20(28-8-7-23(17-34)37-28)15-27-24(26)4-3-12-31-27/h3-8,12,14-17,21H,9-11,13,18H2,1-2H3,(H,32,35)/t21-/m0/s1. The van der Waals surface area contributed by atoms with Gasteiger partial charge in [-0.05, 0) is 98.9 Å². The molecule has 6 rings (SSSR count). The number of amides is 1. The Hall–Kier alpha value is -3.55. The van der Waals surface area contributed by atoms with Gasteiger partial charge in [0, 0.05) is 28.1 Å². The first-order chi connectivity index (χ1) is 18.0. The number of likely N-dealkylation sites (N-methyl/N-ethyl adjacent to an activating group) is 1. The number of carbonyl (C=O) groups excluding carboxylic acids is 2. The fourth-order valence-corrected chi connectivity index (χ4v) is 5.88. The summed E-state index contributed by atoms with van der Waals surface area (Å²) >= 11 is 1.46. The van der Waals surface area contributed by atoms with Gasteiger partial charge in [0.1, 0.15) is 12.4 Å². The minimum Gasteiger partial charge on any atom is -0.492 e. The second-order valence-corrected chi connectivity index (χ2v) is 11.3. The lowest BCUT2D eigenvalue weighted by molar-refractivity contribution is 0.0767. The number of aldehydes is 1. The molecule has 37 heavy (non-hydrogen) atoms. The number of rotatable bonds is 8. The molecular weight excluding hydrogens is 482 g/mol. The van der Waals surface area contributed by atoms with E-state index in [1.165, 1.54) is 11.3 Å². The molecule has 2 aromatic carbocycles. The summed E-state index contributed by atoms with van der Waals surface area (Å²) in [5.41, 5.74) is 4.06. The monoisotopic (exact) mass is 511 g/mol. The van der Waals surface area contributed by atoms with Crippen LogP contribution in [0.5, 0.6) is 5.75 Å². The second-order valence-electron chi connectivity index (χ2n) is 10.2. The van der Waals surface area contributed by atoms with E-state index in [1.807, 2.05) is 43.3 Å². The molecule has 7 heteroatoms. The summed E-state index contributed by atoms with van der Waals surface area (Å²) in [6.07, 6.45) is 5.53. The quantitative estimate of drug-likeness (QED) is 0.313. The number of pyridine rings is 1. The van der Waals surface area contributed by atoms with Crippen molar-refractivity contribution in [3.05, 3.63) is 82.4 Å². The Morgan fingerprint density at radius 1 is 1.22 bits per heavy atom. The molecule has 0 radical (unpaired) electrons. The zero-order valence-electron chi connectivity index (χ0n) is 21.0. The molecule has 6 nitrogen and oxygen atoms in total. The number of hydrogen-bond acceptors (Lipinski definition) is 6. The fourth-order valence-electron chi connectivity index (χ4n) is 5.07. The van der Waals surface area contributed by atoms with Gasteiger partial charge in [-0.15, -0.1) is 11.3 Å². The third-order valence-electron chi connectivity index (χ3n) is 7.70. The van der Waals surface area contributed by atoms with Gasteiger partial charge < -0.3 is 10.1 Å². The first-order valence-corrected chi connectivity index (χ1v) is 13.5. The molecule has 1 aliphatic carbocycles. The smallest absolute Gasteiger partial charge is 0.252 e.